The largest absolute Gasteiger partial charge is 0.497 e. The van der Waals surface area contributed by atoms with Gasteiger partial charge < -0.3 is 45.9 Å². The number of primary amides is 1. The maximum Gasteiger partial charge on any atom is 0.408 e. The third-order valence-corrected chi connectivity index (χ3v) is 12.5. The van der Waals surface area contributed by atoms with Gasteiger partial charge in [-0.25, -0.2) is 9.59 Å². The summed E-state index contributed by atoms with van der Waals surface area (Å²) in [6, 6.07) is 18.0. The van der Waals surface area contributed by atoms with Crippen molar-refractivity contribution in [1.29, 1.82) is 0 Å². The molecule has 6 N–H and O–H groups in total. The normalized spacial score (nSPS) is 19.5. The summed E-state index contributed by atoms with van der Waals surface area (Å²) in [5, 5.41) is 10.9. The van der Waals surface area contributed by atoms with E-state index in [0.717, 1.165) is 51.2 Å². The number of rotatable bonds is 20. The smallest absolute Gasteiger partial charge is 0.408 e. The molecular formula is C50H63N5O8. The summed E-state index contributed by atoms with van der Waals surface area (Å²) in [5.41, 5.74) is 11.8. The number of benzene rings is 3. The van der Waals surface area contributed by atoms with E-state index in [9.17, 15) is 19.2 Å². The Bertz CT molecular complexity index is 2140. The molecule has 0 aromatic heterocycles. The molecular weight excluding hydrogens is 799 g/mol. The van der Waals surface area contributed by atoms with E-state index in [1.807, 2.05) is 54.6 Å². The van der Waals surface area contributed by atoms with Crippen molar-refractivity contribution >= 4 is 41.5 Å². The summed E-state index contributed by atoms with van der Waals surface area (Å²) >= 11 is 0. The minimum absolute atomic E-state index is 0.0351. The van der Waals surface area contributed by atoms with Crippen molar-refractivity contribution in [3.8, 4) is 5.75 Å². The number of amides is 5. The lowest BCUT2D eigenvalue weighted by Gasteiger charge is -2.51. The summed E-state index contributed by atoms with van der Waals surface area (Å²) in [6.07, 6.45) is 9.91. The van der Waals surface area contributed by atoms with Crippen LogP contribution in [0.2, 0.25) is 0 Å². The summed E-state index contributed by atoms with van der Waals surface area (Å²) in [5.74, 6) is 3.71. The number of nitrogens with one attached hydrogen (secondary N) is 4. The average molecular weight is 862 g/mol. The monoisotopic (exact) mass is 861 g/mol. The van der Waals surface area contributed by atoms with E-state index in [-0.39, 0.29) is 32.1 Å². The van der Waals surface area contributed by atoms with Gasteiger partial charge in [0.15, 0.2) is 0 Å². The van der Waals surface area contributed by atoms with E-state index in [1.54, 1.807) is 40.2 Å². The molecule has 2 atom stereocenters. The van der Waals surface area contributed by atoms with E-state index in [1.165, 1.54) is 37.7 Å². The molecule has 2 unspecified atom stereocenters. The van der Waals surface area contributed by atoms with Crippen LogP contribution in [0.1, 0.15) is 86.6 Å². The number of hydrogen-bond donors (Lipinski definition) is 5. The van der Waals surface area contributed by atoms with Crippen molar-refractivity contribution in [1.82, 2.24) is 16.0 Å². The number of ether oxygens (including phenoxy) is 4. The van der Waals surface area contributed by atoms with Crippen molar-refractivity contribution in [3.63, 3.8) is 0 Å². The minimum atomic E-state index is -1.000. The van der Waals surface area contributed by atoms with E-state index in [2.05, 4.69) is 46.9 Å². The number of methoxy groups -OCH3 is 2. The van der Waals surface area contributed by atoms with Crippen LogP contribution in [0.3, 0.4) is 0 Å². The topological polar surface area (TPSA) is 179 Å². The van der Waals surface area contributed by atoms with E-state index in [0.29, 0.717) is 29.7 Å². The molecule has 3 aromatic carbocycles. The second-order valence-corrected chi connectivity index (χ2v) is 17.4. The summed E-state index contributed by atoms with van der Waals surface area (Å²) in [7, 11) is 3.37. The fourth-order valence-corrected chi connectivity index (χ4v) is 9.52. The van der Waals surface area contributed by atoms with Crippen molar-refractivity contribution in [2.75, 3.05) is 26.1 Å². The zero-order valence-electron chi connectivity index (χ0n) is 37.2. The van der Waals surface area contributed by atoms with Crippen LogP contribution < -0.4 is 31.7 Å². The van der Waals surface area contributed by atoms with Gasteiger partial charge in [-0.3, -0.25) is 9.59 Å². The quantitative estimate of drug-likeness (QED) is 0.0427. The number of urea groups is 1. The van der Waals surface area contributed by atoms with Gasteiger partial charge in [0.25, 0.3) is 0 Å². The Morgan fingerprint density at radius 3 is 2.11 bits per heavy atom. The maximum absolute atomic E-state index is 13.7. The first-order valence-electron chi connectivity index (χ1n) is 22.0. The van der Waals surface area contributed by atoms with Gasteiger partial charge in [0.2, 0.25) is 11.8 Å². The van der Waals surface area contributed by atoms with E-state index in [4.69, 9.17) is 24.7 Å². The molecule has 13 heteroatoms. The number of nitrogens with two attached hydrogens (primary N) is 1. The molecule has 0 saturated heterocycles. The molecule has 4 aliphatic carbocycles. The van der Waals surface area contributed by atoms with Gasteiger partial charge in [-0.05, 0) is 122 Å². The summed E-state index contributed by atoms with van der Waals surface area (Å²) < 4.78 is 23.6. The average Bonchev–Trinajstić information content (AvgIpc) is 3.26. The van der Waals surface area contributed by atoms with Gasteiger partial charge in [0.05, 0.1) is 14.2 Å². The highest BCUT2D eigenvalue weighted by molar-refractivity contribution is 5.98. The standard InChI is InChI=1S/C50H63N5O8/c1-30(2)44(55-50(59)63-29-33-11-8-7-9-12-33)48(57)54-42(13-10-22-52-49(51)58)47(56)53-40-19-15-34(16-20-40)28-62-45-32(4)41(21-18-37(45)17-14-31(3)60-5)46(61-6)43-38-24-35-23-36(26-38)27-39(43)25-35/h7-9,11-12,14-21,30,35-36,38-39,42,44H,3,10,13,22-29H2,1-2,4-6H3,(H,53,56)(H,54,57)(H,55,59)(H3,51,52,58)/b17-14+,46-43?. The van der Waals surface area contributed by atoms with Crippen LogP contribution in [0.25, 0.3) is 11.8 Å². The molecule has 13 nitrogen and oxygen atoms in total. The van der Waals surface area contributed by atoms with Crippen LogP contribution in [-0.4, -0.2) is 56.8 Å². The molecule has 0 aliphatic heterocycles. The molecule has 4 saturated carbocycles. The molecule has 0 heterocycles. The summed E-state index contributed by atoms with van der Waals surface area (Å²) in [4.78, 5) is 51.4. The fraction of sp³-hybridized carbons (Fsp3) is 0.440. The molecule has 336 valence electrons. The first kappa shape index (κ1) is 46.3. The van der Waals surface area contributed by atoms with Crippen LogP contribution in [0, 0.1) is 36.5 Å². The summed E-state index contributed by atoms with van der Waals surface area (Å²) in [6.45, 7) is 10.1. The van der Waals surface area contributed by atoms with Crippen LogP contribution in [0.4, 0.5) is 15.3 Å². The zero-order chi connectivity index (χ0) is 45.0. The van der Waals surface area contributed by atoms with Crippen molar-refractivity contribution < 1.29 is 38.1 Å². The molecule has 4 aliphatic rings. The fourth-order valence-electron chi connectivity index (χ4n) is 9.52. The second-order valence-electron chi connectivity index (χ2n) is 17.4. The Labute approximate surface area is 371 Å². The number of allylic oxidation sites excluding steroid dienone is 2. The van der Waals surface area contributed by atoms with Gasteiger partial charge in [-0.15, -0.1) is 0 Å². The van der Waals surface area contributed by atoms with Crippen LogP contribution in [-0.2, 0) is 37.0 Å². The SMILES string of the molecule is C=C(/C=C/c1ccc(C(OC)=C2C3CC4CC(C3)CC2C4)c(C)c1OCc1ccc(NC(=O)C(CCCNC(N)=O)NC(=O)C(NC(=O)OCc2ccccc2)C(C)C)cc1)OC. The van der Waals surface area contributed by atoms with Gasteiger partial charge in [0, 0.05) is 28.9 Å². The molecule has 3 aromatic rings. The van der Waals surface area contributed by atoms with Crippen LogP contribution in [0.5, 0.6) is 5.75 Å². The Morgan fingerprint density at radius 1 is 0.825 bits per heavy atom. The lowest BCUT2D eigenvalue weighted by Crippen LogP contribution is -2.54. The third kappa shape index (κ3) is 12.2. The lowest BCUT2D eigenvalue weighted by atomic mass is 9.54. The molecule has 0 radical (unpaired) electrons. The first-order valence-corrected chi connectivity index (χ1v) is 22.0. The van der Waals surface area contributed by atoms with Crippen molar-refractivity contribution in [2.45, 2.75) is 91.0 Å². The molecule has 4 fully saturated rings. The molecule has 0 spiro atoms. The number of carbonyl (C=O) groups is 4. The Balaban J connectivity index is 1.14. The zero-order valence-corrected chi connectivity index (χ0v) is 37.2. The highest BCUT2D eigenvalue weighted by Crippen LogP contribution is 2.58. The predicted molar refractivity (Wildman–Crippen MR) is 244 cm³/mol. The van der Waals surface area contributed by atoms with Crippen molar-refractivity contribution in [2.24, 2.45) is 35.3 Å². The van der Waals surface area contributed by atoms with Gasteiger partial charge in [-0.1, -0.05) is 75.0 Å². The highest BCUT2D eigenvalue weighted by Gasteiger charge is 2.47. The highest BCUT2D eigenvalue weighted by atomic mass is 16.5. The molecule has 5 amide bonds. The lowest BCUT2D eigenvalue weighted by molar-refractivity contribution is -0.128. The minimum Gasteiger partial charge on any atom is -0.497 e. The molecule has 7 rings (SSSR count). The first-order chi connectivity index (χ1) is 30.3. The molecule has 63 heavy (non-hydrogen) atoms. The van der Waals surface area contributed by atoms with Gasteiger partial charge in [0.1, 0.15) is 42.6 Å². The van der Waals surface area contributed by atoms with Gasteiger partial charge in [-0.2, -0.15) is 0 Å². The Morgan fingerprint density at radius 2 is 1.49 bits per heavy atom. The number of hydrogen-bond acceptors (Lipinski definition) is 8. The Kier molecular flexibility index (Phi) is 15.9. The Hall–Kier alpha value is -6.24. The van der Waals surface area contributed by atoms with E-state index < -0.39 is 36.0 Å². The molecule has 4 bridgehead atoms. The number of anilines is 1. The number of carbonyl (C=O) groups excluding carboxylic acids is 4. The van der Waals surface area contributed by atoms with Crippen molar-refractivity contribution in [3.05, 3.63) is 119 Å². The second kappa shape index (κ2) is 21.7. The van der Waals surface area contributed by atoms with E-state index >= 15 is 0 Å². The van der Waals surface area contributed by atoms with Crippen LogP contribution >= 0.6 is 0 Å². The third-order valence-electron chi connectivity index (χ3n) is 12.5. The predicted octanol–water partition coefficient (Wildman–Crippen LogP) is 8.38. The maximum atomic E-state index is 13.7. The van der Waals surface area contributed by atoms with Crippen LogP contribution in [0.15, 0.2) is 90.7 Å². The number of alkyl carbamates (subject to hydrolysis) is 1. The van der Waals surface area contributed by atoms with Gasteiger partial charge >= 0.3 is 12.1 Å².